The maximum Gasteiger partial charge on any atom is 0.267 e. The van der Waals surface area contributed by atoms with Crippen LogP contribution in [-0.4, -0.2) is 24.9 Å². The Hall–Kier alpha value is -2.15. The molecule has 2 N–H and O–H groups in total. The zero-order chi connectivity index (χ0) is 13.5. The number of anilines is 2. The first-order valence-corrected chi connectivity index (χ1v) is 7.21. The summed E-state index contributed by atoms with van der Waals surface area (Å²) in [5.74, 6) is 0.0563. The van der Waals surface area contributed by atoms with Gasteiger partial charge in [0, 0.05) is 6.54 Å². The summed E-state index contributed by atoms with van der Waals surface area (Å²) >= 11 is 0. The fourth-order valence-corrected chi connectivity index (χ4v) is 3.54. The van der Waals surface area contributed by atoms with Crippen molar-refractivity contribution in [1.29, 1.82) is 0 Å². The van der Waals surface area contributed by atoms with Crippen molar-refractivity contribution in [2.45, 2.75) is 11.3 Å². The van der Waals surface area contributed by atoms with E-state index in [-0.39, 0.29) is 10.8 Å². The molecule has 6 nitrogen and oxygen atoms in total. The second kappa shape index (κ2) is 4.20. The van der Waals surface area contributed by atoms with Crippen LogP contribution in [0.15, 0.2) is 41.6 Å². The number of benzene rings is 1. The van der Waals surface area contributed by atoms with Crippen molar-refractivity contribution in [2.75, 3.05) is 16.6 Å². The van der Waals surface area contributed by atoms with Gasteiger partial charge in [0.2, 0.25) is 5.95 Å². The summed E-state index contributed by atoms with van der Waals surface area (Å²) in [7, 11) is -3.62. The third-order valence-electron chi connectivity index (χ3n) is 3.08. The number of nitrogens with zero attached hydrogens (tertiary/aromatic N) is 3. The second-order valence-electron chi connectivity index (χ2n) is 4.23. The van der Waals surface area contributed by atoms with Crippen molar-refractivity contribution in [3.05, 3.63) is 42.2 Å². The van der Waals surface area contributed by atoms with Gasteiger partial charge in [0.25, 0.3) is 10.0 Å². The van der Waals surface area contributed by atoms with Crippen LogP contribution in [-0.2, 0) is 16.4 Å². The zero-order valence-corrected chi connectivity index (χ0v) is 10.8. The van der Waals surface area contributed by atoms with E-state index in [4.69, 9.17) is 5.73 Å². The van der Waals surface area contributed by atoms with E-state index in [9.17, 15) is 8.42 Å². The highest BCUT2D eigenvalue weighted by atomic mass is 32.2. The van der Waals surface area contributed by atoms with Crippen LogP contribution in [0, 0.1) is 0 Å². The van der Waals surface area contributed by atoms with Gasteiger partial charge >= 0.3 is 0 Å². The fourth-order valence-electron chi connectivity index (χ4n) is 2.14. The van der Waals surface area contributed by atoms with E-state index >= 15 is 0 Å². The van der Waals surface area contributed by atoms with Gasteiger partial charge in [0.15, 0.2) is 0 Å². The van der Waals surface area contributed by atoms with Gasteiger partial charge in [-0.15, -0.1) is 0 Å². The molecule has 1 aromatic carbocycles. The molecule has 1 aliphatic heterocycles. The van der Waals surface area contributed by atoms with Crippen LogP contribution in [0.3, 0.4) is 0 Å². The standard InChI is InChI=1S/C12H12N4O2S/c13-12-14-7-10(8-15-12)19(17,18)16-6-5-9-3-1-2-4-11(9)16/h1-4,7-8H,5-6H2,(H2,13,14,15). The van der Waals surface area contributed by atoms with E-state index in [1.807, 2.05) is 18.2 Å². The Morgan fingerprint density at radius 3 is 2.58 bits per heavy atom. The van der Waals surface area contributed by atoms with Gasteiger partial charge in [-0.2, -0.15) is 0 Å². The van der Waals surface area contributed by atoms with Crippen LogP contribution in [0.2, 0.25) is 0 Å². The van der Waals surface area contributed by atoms with Crippen molar-refractivity contribution in [3.8, 4) is 0 Å². The first-order valence-electron chi connectivity index (χ1n) is 5.77. The summed E-state index contributed by atoms with van der Waals surface area (Å²) in [6.07, 6.45) is 3.18. The molecule has 0 bridgehead atoms. The lowest BCUT2D eigenvalue weighted by atomic mass is 10.2. The summed E-state index contributed by atoms with van der Waals surface area (Å²) in [5, 5.41) is 0. The largest absolute Gasteiger partial charge is 0.368 e. The molecule has 2 heterocycles. The number of para-hydroxylation sites is 1. The number of rotatable bonds is 2. The first-order chi connectivity index (χ1) is 9.09. The molecule has 0 spiro atoms. The Morgan fingerprint density at radius 1 is 1.16 bits per heavy atom. The number of nitrogen functional groups attached to an aromatic ring is 1. The van der Waals surface area contributed by atoms with Crippen molar-refractivity contribution in [2.24, 2.45) is 0 Å². The molecule has 0 saturated heterocycles. The van der Waals surface area contributed by atoms with E-state index in [1.165, 1.54) is 16.7 Å². The number of aromatic nitrogens is 2. The lowest BCUT2D eigenvalue weighted by Crippen LogP contribution is -2.29. The second-order valence-corrected chi connectivity index (χ2v) is 6.10. The summed E-state index contributed by atoms with van der Waals surface area (Å²) in [5.41, 5.74) is 7.12. The molecule has 2 aromatic rings. The summed E-state index contributed by atoms with van der Waals surface area (Å²) in [6, 6.07) is 7.47. The Balaban J connectivity index is 2.05. The van der Waals surface area contributed by atoms with E-state index < -0.39 is 10.0 Å². The molecule has 0 saturated carbocycles. The molecule has 0 unspecified atom stereocenters. The smallest absolute Gasteiger partial charge is 0.267 e. The highest BCUT2D eigenvalue weighted by Gasteiger charge is 2.30. The highest BCUT2D eigenvalue weighted by Crippen LogP contribution is 2.32. The van der Waals surface area contributed by atoms with E-state index in [0.29, 0.717) is 13.0 Å². The average Bonchev–Trinajstić information content (AvgIpc) is 2.83. The van der Waals surface area contributed by atoms with Gasteiger partial charge < -0.3 is 5.73 Å². The van der Waals surface area contributed by atoms with Gasteiger partial charge in [-0.3, -0.25) is 4.31 Å². The van der Waals surface area contributed by atoms with Crippen molar-refractivity contribution in [3.63, 3.8) is 0 Å². The SMILES string of the molecule is Nc1ncc(S(=O)(=O)N2CCc3ccccc32)cn1. The third kappa shape index (κ3) is 1.91. The lowest BCUT2D eigenvalue weighted by Gasteiger charge is -2.18. The van der Waals surface area contributed by atoms with Gasteiger partial charge in [0.1, 0.15) is 4.90 Å². The molecular weight excluding hydrogens is 264 g/mol. The molecule has 0 aliphatic carbocycles. The molecule has 19 heavy (non-hydrogen) atoms. The average molecular weight is 276 g/mol. The van der Waals surface area contributed by atoms with Crippen molar-refractivity contribution >= 4 is 21.7 Å². The maximum atomic E-state index is 12.5. The van der Waals surface area contributed by atoms with Gasteiger partial charge in [-0.05, 0) is 18.1 Å². The van der Waals surface area contributed by atoms with Crippen molar-refractivity contribution < 1.29 is 8.42 Å². The quantitative estimate of drug-likeness (QED) is 0.876. The Kier molecular flexibility index (Phi) is 2.63. The highest BCUT2D eigenvalue weighted by molar-refractivity contribution is 7.92. The van der Waals surface area contributed by atoms with Crippen LogP contribution in [0.25, 0.3) is 0 Å². The van der Waals surface area contributed by atoms with Crippen LogP contribution in [0.1, 0.15) is 5.56 Å². The normalized spacial score (nSPS) is 14.4. The molecular formula is C12H12N4O2S. The van der Waals surface area contributed by atoms with Crippen molar-refractivity contribution in [1.82, 2.24) is 9.97 Å². The number of hydrogen-bond donors (Lipinski definition) is 1. The minimum atomic E-state index is -3.62. The van der Waals surface area contributed by atoms with Crippen LogP contribution in [0.4, 0.5) is 11.6 Å². The summed E-state index contributed by atoms with van der Waals surface area (Å²) < 4.78 is 26.4. The number of hydrogen-bond acceptors (Lipinski definition) is 5. The lowest BCUT2D eigenvalue weighted by molar-refractivity contribution is 0.591. The minimum absolute atomic E-state index is 0.0541. The molecule has 3 rings (SSSR count). The van der Waals surface area contributed by atoms with E-state index in [2.05, 4.69) is 9.97 Å². The molecule has 0 amide bonds. The predicted octanol–water partition coefficient (Wildman–Crippen LogP) is 0.810. The molecule has 0 atom stereocenters. The van der Waals surface area contributed by atoms with Crippen LogP contribution < -0.4 is 10.0 Å². The summed E-state index contributed by atoms with van der Waals surface area (Å²) in [4.78, 5) is 7.52. The Bertz CT molecular complexity index is 713. The van der Waals surface area contributed by atoms with Gasteiger partial charge in [-0.1, -0.05) is 18.2 Å². The zero-order valence-electron chi connectivity index (χ0n) is 10.0. The third-order valence-corrected chi connectivity index (χ3v) is 4.85. The Labute approximate surface area is 111 Å². The first kappa shape index (κ1) is 11.9. The van der Waals surface area contributed by atoms with E-state index in [0.717, 1.165) is 11.3 Å². The van der Waals surface area contributed by atoms with Gasteiger partial charge in [0.05, 0.1) is 18.1 Å². The molecule has 1 aliphatic rings. The fraction of sp³-hybridized carbons (Fsp3) is 0.167. The predicted molar refractivity (Wildman–Crippen MR) is 71.1 cm³/mol. The number of fused-ring (bicyclic) bond motifs is 1. The molecule has 0 fully saturated rings. The van der Waals surface area contributed by atoms with Crippen LogP contribution in [0.5, 0.6) is 0 Å². The number of nitrogens with two attached hydrogens (primary N) is 1. The monoisotopic (exact) mass is 276 g/mol. The summed E-state index contributed by atoms with van der Waals surface area (Å²) in [6.45, 7) is 0.437. The molecule has 1 aromatic heterocycles. The minimum Gasteiger partial charge on any atom is -0.368 e. The van der Waals surface area contributed by atoms with E-state index in [1.54, 1.807) is 6.07 Å². The molecule has 98 valence electrons. The number of sulfonamides is 1. The molecule has 0 radical (unpaired) electrons. The van der Waals surface area contributed by atoms with Gasteiger partial charge in [-0.25, -0.2) is 18.4 Å². The maximum absolute atomic E-state index is 12.5. The van der Waals surface area contributed by atoms with Crippen LogP contribution >= 0.6 is 0 Å². The Morgan fingerprint density at radius 2 is 1.84 bits per heavy atom. The molecule has 7 heteroatoms. The topological polar surface area (TPSA) is 89.2 Å².